The van der Waals surface area contributed by atoms with Gasteiger partial charge in [-0.2, -0.15) is 0 Å². The number of hydrogen-bond donors (Lipinski definition) is 0. The molecular formula is C22H30N4. The van der Waals surface area contributed by atoms with Crippen LogP contribution in [-0.2, 0) is 25.9 Å². The molecule has 2 aromatic heterocycles. The van der Waals surface area contributed by atoms with Crippen LogP contribution in [0.3, 0.4) is 0 Å². The number of benzene rings is 1. The zero-order chi connectivity index (χ0) is 18.2. The predicted molar refractivity (Wildman–Crippen MR) is 106 cm³/mol. The molecule has 4 nitrogen and oxygen atoms in total. The van der Waals surface area contributed by atoms with Crippen LogP contribution in [0.15, 0.2) is 49.1 Å². The molecule has 0 aliphatic carbocycles. The van der Waals surface area contributed by atoms with Crippen LogP contribution in [0.2, 0.25) is 0 Å². The average Bonchev–Trinajstić information content (AvgIpc) is 3.28. The van der Waals surface area contributed by atoms with E-state index in [1.54, 1.807) is 0 Å². The summed E-state index contributed by atoms with van der Waals surface area (Å²) in [6.45, 7) is 6.57. The second-order valence-electron chi connectivity index (χ2n) is 6.95. The van der Waals surface area contributed by atoms with E-state index in [4.69, 9.17) is 0 Å². The van der Waals surface area contributed by atoms with Crippen molar-refractivity contribution < 1.29 is 0 Å². The molecule has 0 radical (unpaired) electrons. The summed E-state index contributed by atoms with van der Waals surface area (Å²) in [4.78, 5) is 9.13. The summed E-state index contributed by atoms with van der Waals surface area (Å²) in [6.07, 6.45) is 14.6. The standard InChI is InChI=1S/C22H30N4/c1-3-5-12-25-14-10-23-21(25)17-19-8-7-9-20(16-19)18-22-24-11-15-26(22)13-6-4-2/h7-11,14-16H,3-6,12-13,17-18H2,1-2H3. The number of imidazole rings is 2. The molecule has 0 unspecified atom stereocenters. The van der Waals surface area contributed by atoms with Gasteiger partial charge < -0.3 is 9.13 Å². The SMILES string of the molecule is CCCCn1ccnc1Cc1cccc(Cc2nccn2CCCC)c1. The molecule has 0 aliphatic rings. The third-order valence-corrected chi connectivity index (χ3v) is 4.82. The Morgan fingerprint density at radius 3 is 1.73 bits per heavy atom. The van der Waals surface area contributed by atoms with Crippen molar-refractivity contribution in [1.29, 1.82) is 0 Å². The van der Waals surface area contributed by atoms with Gasteiger partial charge in [-0.3, -0.25) is 0 Å². The largest absolute Gasteiger partial charge is 0.335 e. The van der Waals surface area contributed by atoms with Crippen molar-refractivity contribution in [2.75, 3.05) is 0 Å². The lowest BCUT2D eigenvalue weighted by Gasteiger charge is -2.10. The van der Waals surface area contributed by atoms with Crippen LogP contribution in [0.1, 0.15) is 62.3 Å². The quantitative estimate of drug-likeness (QED) is 0.523. The first-order valence-corrected chi connectivity index (χ1v) is 9.88. The lowest BCUT2D eigenvalue weighted by Crippen LogP contribution is -2.05. The van der Waals surface area contributed by atoms with Gasteiger partial charge in [0.2, 0.25) is 0 Å². The van der Waals surface area contributed by atoms with E-state index in [2.05, 4.69) is 69.6 Å². The molecule has 0 bridgehead atoms. The third-order valence-electron chi connectivity index (χ3n) is 4.82. The van der Waals surface area contributed by atoms with Gasteiger partial charge in [-0.15, -0.1) is 0 Å². The highest BCUT2D eigenvalue weighted by molar-refractivity contribution is 5.28. The molecule has 0 saturated heterocycles. The van der Waals surface area contributed by atoms with Gasteiger partial charge in [0.15, 0.2) is 0 Å². The predicted octanol–water partition coefficient (Wildman–Crippen LogP) is 4.86. The molecule has 138 valence electrons. The lowest BCUT2D eigenvalue weighted by molar-refractivity contribution is 0.607. The Morgan fingerprint density at radius 1 is 0.769 bits per heavy atom. The highest BCUT2D eigenvalue weighted by atomic mass is 15.1. The Balaban J connectivity index is 1.69. The maximum absolute atomic E-state index is 4.56. The zero-order valence-electron chi connectivity index (χ0n) is 16.1. The Bertz CT molecular complexity index is 736. The Hall–Kier alpha value is -2.36. The number of rotatable bonds is 10. The summed E-state index contributed by atoms with van der Waals surface area (Å²) in [6, 6.07) is 8.86. The van der Waals surface area contributed by atoms with E-state index < -0.39 is 0 Å². The van der Waals surface area contributed by atoms with E-state index in [0.29, 0.717) is 0 Å². The molecule has 3 aromatic rings. The monoisotopic (exact) mass is 350 g/mol. The van der Waals surface area contributed by atoms with Crippen molar-refractivity contribution in [2.45, 2.75) is 65.5 Å². The van der Waals surface area contributed by atoms with Gasteiger partial charge >= 0.3 is 0 Å². The molecule has 1 aromatic carbocycles. The molecule has 0 spiro atoms. The van der Waals surface area contributed by atoms with Crippen molar-refractivity contribution in [2.24, 2.45) is 0 Å². The van der Waals surface area contributed by atoms with Crippen LogP contribution in [-0.4, -0.2) is 19.1 Å². The van der Waals surface area contributed by atoms with Crippen molar-refractivity contribution >= 4 is 0 Å². The Labute approximate surface area is 156 Å². The molecule has 2 heterocycles. The number of unbranched alkanes of at least 4 members (excludes halogenated alkanes) is 2. The summed E-state index contributed by atoms with van der Waals surface area (Å²) in [7, 11) is 0. The fourth-order valence-electron chi connectivity index (χ4n) is 3.29. The molecule has 0 aliphatic heterocycles. The highest BCUT2D eigenvalue weighted by Gasteiger charge is 2.07. The molecule has 3 rings (SSSR count). The minimum Gasteiger partial charge on any atom is -0.335 e. The first kappa shape index (κ1) is 18.4. The van der Waals surface area contributed by atoms with Crippen LogP contribution in [0, 0.1) is 0 Å². The maximum atomic E-state index is 4.56. The van der Waals surface area contributed by atoms with Gasteiger partial charge in [0.25, 0.3) is 0 Å². The molecular weight excluding hydrogens is 320 g/mol. The van der Waals surface area contributed by atoms with E-state index in [9.17, 15) is 0 Å². The fraction of sp³-hybridized carbons (Fsp3) is 0.455. The fourth-order valence-corrected chi connectivity index (χ4v) is 3.29. The molecule has 0 atom stereocenters. The van der Waals surface area contributed by atoms with Crippen molar-refractivity contribution in [1.82, 2.24) is 19.1 Å². The average molecular weight is 351 g/mol. The Kier molecular flexibility index (Phi) is 6.64. The van der Waals surface area contributed by atoms with Crippen molar-refractivity contribution in [3.05, 3.63) is 71.8 Å². The van der Waals surface area contributed by atoms with Gasteiger partial charge in [0.05, 0.1) is 0 Å². The van der Waals surface area contributed by atoms with Gasteiger partial charge in [0.1, 0.15) is 11.6 Å². The van der Waals surface area contributed by atoms with Crippen LogP contribution < -0.4 is 0 Å². The number of hydrogen-bond acceptors (Lipinski definition) is 2. The van der Waals surface area contributed by atoms with Crippen LogP contribution >= 0.6 is 0 Å². The third kappa shape index (κ3) is 4.84. The van der Waals surface area contributed by atoms with Gasteiger partial charge in [-0.05, 0) is 24.0 Å². The van der Waals surface area contributed by atoms with Crippen molar-refractivity contribution in [3.8, 4) is 0 Å². The second kappa shape index (κ2) is 9.37. The van der Waals surface area contributed by atoms with E-state index in [1.165, 1.54) is 36.8 Å². The lowest BCUT2D eigenvalue weighted by atomic mass is 10.1. The highest BCUT2D eigenvalue weighted by Crippen LogP contribution is 2.15. The maximum Gasteiger partial charge on any atom is 0.113 e. The van der Waals surface area contributed by atoms with Gasteiger partial charge in [-0.25, -0.2) is 9.97 Å². The zero-order valence-corrected chi connectivity index (χ0v) is 16.1. The number of nitrogens with zero attached hydrogens (tertiary/aromatic N) is 4. The van der Waals surface area contributed by atoms with Crippen LogP contribution in [0.25, 0.3) is 0 Å². The first-order valence-electron chi connectivity index (χ1n) is 9.88. The van der Waals surface area contributed by atoms with Crippen molar-refractivity contribution in [3.63, 3.8) is 0 Å². The summed E-state index contributed by atoms with van der Waals surface area (Å²) in [5, 5.41) is 0. The van der Waals surface area contributed by atoms with Gasteiger partial charge in [-0.1, -0.05) is 51.0 Å². The van der Waals surface area contributed by atoms with Crippen LogP contribution in [0.4, 0.5) is 0 Å². The molecule has 0 saturated carbocycles. The second-order valence-corrected chi connectivity index (χ2v) is 6.95. The summed E-state index contributed by atoms with van der Waals surface area (Å²) in [5.74, 6) is 2.31. The number of aryl methyl sites for hydroxylation is 2. The Morgan fingerprint density at radius 2 is 1.27 bits per heavy atom. The number of aromatic nitrogens is 4. The van der Waals surface area contributed by atoms with E-state index in [0.717, 1.165) is 37.6 Å². The smallest absolute Gasteiger partial charge is 0.113 e. The minimum atomic E-state index is 0.884. The molecule has 0 amide bonds. The van der Waals surface area contributed by atoms with E-state index in [1.807, 2.05) is 12.4 Å². The summed E-state index contributed by atoms with van der Waals surface area (Å²) >= 11 is 0. The van der Waals surface area contributed by atoms with Gasteiger partial charge in [0, 0.05) is 50.7 Å². The molecule has 4 heteroatoms. The summed E-state index contributed by atoms with van der Waals surface area (Å²) < 4.78 is 4.57. The molecule has 26 heavy (non-hydrogen) atoms. The minimum absolute atomic E-state index is 0.884. The van der Waals surface area contributed by atoms with E-state index >= 15 is 0 Å². The first-order chi connectivity index (χ1) is 12.8. The van der Waals surface area contributed by atoms with Crippen LogP contribution in [0.5, 0.6) is 0 Å². The normalized spacial score (nSPS) is 11.2. The topological polar surface area (TPSA) is 35.6 Å². The van der Waals surface area contributed by atoms with E-state index in [-0.39, 0.29) is 0 Å². The molecule has 0 N–H and O–H groups in total. The molecule has 0 fully saturated rings. The summed E-state index contributed by atoms with van der Waals surface area (Å²) in [5.41, 5.74) is 2.64.